The normalized spacial score (nSPS) is 10.8. The highest BCUT2D eigenvalue weighted by atomic mass is 16.6. The lowest BCUT2D eigenvalue weighted by Gasteiger charge is -2.26. The van der Waals surface area contributed by atoms with Gasteiger partial charge in [0.15, 0.2) is 0 Å². The second-order valence-electron chi connectivity index (χ2n) is 9.18. The molecule has 0 aliphatic rings. The molecule has 0 atom stereocenters. The first-order valence-corrected chi connectivity index (χ1v) is 11.6. The van der Waals surface area contributed by atoms with Crippen molar-refractivity contribution in [3.8, 4) is 11.5 Å². The molecule has 0 fully saturated rings. The average molecular weight is 491 g/mol. The molecule has 0 aliphatic carbocycles. The van der Waals surface area contributed by atoms with Crippen LogP contribution in [0.25, 0.3) is 0 Å². The van der Waals surface area contributed by atoms with Crippen LogP contribution in [0.15, 0.2) is 36.4 Å². The highest BCUT2D eigenvalue weighted by Crippen LogP contribution is 2.33. The summed E-state index contributed by atoms with van der Waals surface area (Å²) in [6.45, 7) is 15.7. The summed E-state index contributed by atoms with van der Waals surface area (Å²) in [7, 11) is 1.90. The zero-order chi connectivity index (χ0) is 26.9. The number of non-ortho nitro benzene ring substituents is 2. The number of nitrogens with zero attached hydrogens (tertiary/aromatic N) is 3. The number of hydrogen-bond acceptors (Lipinski definition) is 8. The van der Waals surface area contributed by atoms with E-state index in [1.807, 2.05) is 67.3 Å². The van der Waals surface area contributed by atoms with Gasteiger partial charge in [-0.15, -0.1) is 0 Å². The summed E-state index contributed by atoms with van der Waals surface area (Å²) in [4.78, 5) is 22.7. The highest BCUT2D eigenvalue weighted by molar-refractivity contribution is 5.63. The van der Waals surface area contributed by atoms with Crippen molar-refractivity contribution in [2.24, 2.45) is 0 Å². The van der Waals surface area contributed by atoms with E-state index in [1.165, 1.54) is 18.2 Å². The van der Waals surface area contributed by atoms with E-state index >= 15 is 0 Å². The summed E-state index contributed by atoms with van der Waals surface area (Å²) in [6, 6.07) is 9.68. The first kappa shape index (κ1) is 29.5. The molecule has 2 rings (SSSR count). The van der Waals surface area contributed by atoms with Crippen LogP contribution in [-0.4, -0.2) is 41.2 Å². The molecule has 1 N–H and O–H groups in total. The molecule has 2 aromatic carbocycles. The smallest absolute Gasteiger partial charge is 0.271 e. The Bertz CT molecular complexity index is 992. The first-order chi connectivity index (χ1) is 16.2. The molecule has 0 aromatic heterocycles. The van der Waals surface area contributed by atoms with Crippen LogP contribution in [0, 0.1) is 20.2 Å². The van der Waals surface area contributed by atoms with Crippen LogP contribution in [0.5, 0.6) is 11.5 Å². The van der Waals surface area contributed by atoms with Crippen LogP contribution in [0.2, 0.25) is 0 Å². The molecule has 10 heteroatoms. The fraction of sp³-hybridized carbons (Fsp3) is 0.520. The highest BCUT2D eigenvalue weighted by Gasteiger charge is 2.17. The van der Waals surface area contributed by atoms with E-state index in [-0.39, 0.29) is 35.7 Å². The van der Waals surface area contributed by atoms with E-state index < -0.39 is 9.85 Å². The van der Waals surface area contributed by atoms with Crippen molar-refractivity contribution in [3.05, 3.63) is 56.6 Å². The Morgan fingerprint density at radius 2 is 1.23 bits per heavy atom. The molecule has 0 unspecified atom stereocenters. The molecular weight excluding hydrogens is 452 g/mol. The number of nitro benzene ring substituents is 2. The maximum Gasteiger partial charge on any atom is 0.271 e. The standard InChI is InChI=1S/C13H20N2O3.C12H18N2O3/c1-9(2)14(5)12-8-11(15(16)17)6-7-13(12)18-10(3)4;1-8(2)13-11-7-10(14(15)16)5-6-12(11)17-9(3)4/h6-10H,1-5H3;5-9,13H,1-4H3. The number of rotatable bonds is 10. The molecule has 0 spiro atoms. The fourth-order valence-electron chi connectivity index (χ4n) is 2.94. The van der Waals surface area contributed by atoms with Gasteiger partial charge in [0.1, 0.15) is 11.5 Å². The van der Waals surface area contributed by atoms with Crippen molar-refractivity contribution >= 4 is 22.7 Å². The molecule has 0 radical (unpaired) electrons. The molecule has 0 amide bonds. The van der Waals surface area contributed by atoms with Crippen molar-refractivity contribution in [1.82, 2.24) is 0 Å². The van der Waals surface area contributed by atoms with Gasteiger partial charge in [0.2, 0.25) is 0 Å². The van der Waals surface area contributed by atoms with E-state index in [1.54, 1.807) is 18.2 Å². The lowest BCUT2D eigenvalue weighted by Crippen LogP contribution is -2.26. The van der Waals surface area contributed by atoms with Crippen LogP contribution in [-0.2, 0) is 0 Å². The largest absolute Gasteiger partial charge is 0.489 e. The van der Waals surface area contributed by atoms with Gasteiger partial charge in [-0.3, -0.25) is 20.2 Å². The van der Waals surface area contributed by atoms with Crippen molar-refractivity contribution in [2.75, 3.05) is 17.3 Å². The molecule has 10 nitrogen and oxygen atoms in total. The maximum atomic E-state index is 10.8. The van der Waals surface area contributed by atoms with Gasteiger partial charge < -0.3 is 19.7 Å². The predicted molar refractivity (Wildman–Crippen MR) is 140 cm³/mol. The molecule has 0 bridgehead atoms. The fourth-order valence-corrected chi connectivity index (χ4v) is 2.94. The number of nitrogens with one attached hydrogen (secondary N) is 1. The summed E-state index contributed by atoms with van der Waals surface area (Å²) in [5.41, 5.74) is 1.54. The minimum Gasteiger partial charge on any atom is -0.489 e. The van der Waals surface area contributed by atoms with E-state index in [4.69, 9.17) is 9.47 Å². The third-order valence-corrected chi connectivity index (χ3v) is 4.65. The van der Waals surface area contributed by atoms with Gasteiger partial charge in [0.25, 0.3) is 11.4 Å². The number of hydrogen-bond donors (Lipinski definition) is 1. The summed E-state index contributed by atoms with van der Waals surface area (Å²) in [5.74, 6) is 1.31. The van der Waals surface area contributed by atoms with Crippen molar-refractivity contribution in [3.63, 3.8) is 0 Å². The SMILES string of the molecule is CC(C)Nc1cc([N+](=O)[O-])ccc1OC(C)C.CC(C)Oc1ccc([N+](=O)[O-])cc1N(C)C(C)C. The molecule has 35 heavy (non-hydrogen) atoms. The van der Waals surface area contributed by atoms with Crippen LogP contribution < -0.4 is 19.7 Å². The monoisotopic (exact) mass is 490 g/mol. The third-order valence-electron chi connectivity index (χ3n) is 4.65. The molecule has 0 aliphatic heterocycles. The van der Waals surface area contributed by atoms with Gasteiger partial charge in [-0.05, 0) is 67.5 Å². The molecule has 0 heterocycles. The van der Waals surface area contributed by atoms with Gasteiger partial charge in [-0.25, -0.2) is 0 Å². The van der Waals surface area contributed by atoms with Gasteiger partial charge in [0, 0.05) is 43.4 Å². The van der Waals surface area contributed by atoms with E-state index in [9.17, 15) is 20.2 Å². The second kappa shape index (κ2) is 13.4. The third kappa shape index (κ3) is 9.68. The summed E-state index contributed by atoms with van der Waals surface area (Å²) in [5, 5.41) is 24.7. The predicted octanol–water partition coefficient (Wildman–Crippen LogP) is 6.43. The number of anilines is 2. The quantitative estimate of drug-likeness (QED) is 0.299. The summed E-state index contributed by atoms with van der Waals surface area (Å²) in [6.07, 6.45) is 0.0648. The Morgan fingerprint density at radius 1 is 0.771 bits per heavy atom. The molecule has 194 valence electrons. The molecule has 0 saturated heterocycles. The van der Waals surface area contributed by atoms with Crippen molar-refractivity contribution in [2.45, 2.75) is 79.7 Å². The Balaban J connectivity index is 0.000000351. The zero-order valence-electron chi connectivity index (χ0n) is 22.1. The van der Waals surface area contributed by atoms with Crippen LogP contribution in [0.4, 0.5) is 22.7 Å². The Hall–Kier alpha value is -3.56. The van der Waals surface area contributed by atoms with Crippen LogP contribution in [0.3, 0.4) is 0 Å². The lowest BCUT2D eigenvalue weighted by atomic mass is 10.2. The van der Waals surface area contributed by atoms with Crippen molar-refractivity contribution in [1.29, 1.82) is 0 Å². The van der Waals surface area contributed by atoms with Gasteiger partial charge >= 0.3 is 0 Å². The van der Waals surface area contributed by atoms with Gasteiger partial charge in [-0.2, -0.15) is 0 Å². The minimum absolute atomic E-state index is 0.0316. The zero-order valence-corrected chi connectivity index (χ0v) is 22.1. The lowest BCUT2D eigenvalue weighted by molar-refractivity contribution is -0.385. The molecule has 2 aromatic rings. The Labute approximate surface area is 207 Å². The number of benzene rings is 2. The van der Waals surface area contributed by atoms with Crippen LogP contribution >= 0.6 is 0 Å². The van der Waals surface area contributed by atoms with Gasteiger partial charge in [-0.1, -0.05) is 0 Å². The Kier molecular flexibility index (Phi) is 11.2. The summed E-state index contributed by atoms with van der Waals surface area (Å²) < 4.78 is 11.3. The summed E-state index contributed by atoms with van der Waals surface area (Å²) >= 11 is 0. The average Bonchev–Trinajstić information content (AvgIpc) is 2.73. The minimum atomic E-state index is -0.412. The van der Waals surface area contributed by atoms with E-state index in [2.05, 4.69) is 5.32 Å². The first-order valence-electron chi connectivity index (χ1n) is 11.6. The molecular formula is C25H38N4O6. The van der Waals surface area contributed by atoms with Crippen molar-refractivity contribution < 1.29 is 19.3 Å². The van der Waals surface area contributed by atoms with E-state index in [0.717, 1.165) is 5.69 Å². The number of nitro groups is 2. The molecule has 0 saturated carbocycles. The number of ether oxygens (including phenoxy) is 2. The Morgan fingerprint density at radius 3 is 1.66 bits per heavy atom. The van der Waals surface area contributed by atoms with Gasteiger partial charge in [0.05, 0.1) is 33.4 Å². The van der Waals surface area contributed by atoms with E-state index in [0.29, 0.717) is 17.2 Å². The maximum absolute atomic E-state index is 10.8. The topological polar surface area (TPSA) is 120 Å². The van der Waals surface area contributed by atoms with Crippen LogP contribution in [0.1, 0.15) is 55.4 Å². The second-order valence-corrected chi connectivity index (χ2v) is 9.18.